The van der Waals surface area contributed by atoms with Gasteiger partial charge in [0.25, 0.3) is 5.91 Å². The number of anilines is 1. The van der Waals surface area contributed by atoms with Crippen LogP contribution in [0.3, 0.4) is 0 Å². The number of aromatic nitrogens is 3. The molecule has 0 fully saturated rings. The van der Waals surface area contributed by atoms with Crippen molar-refractivity contribution in [3.63, 3.8) is 0 Å². The quantitative estimate of drug-likeness (QED) is 0.861. The molecule has 0 aliphatic carbocycles. The van der Waals surface area contributed by atoms with Crippen LogP contribution in [0.1, 0.15) is 16.2 Å². The Kier molecular flexibility index (Phi) is 3.88. The second-order valence-electron chi connectivity index (χ2n) is 3.47. The molecule has 5 nitrogen and oxygen atoms in total. The minimum atomic E-state index is -0.385. The Labute approximate surface area is 117 Å². The minimum Gasteiger partial charge on any atom is -0.289 e. The van der Waals surface area contributed by atoms with E-state index >= 15 is 0 Å². The molecule has 0 saturated heterocycles. The standard InChI is InChI=1S/C11H8BrClN4O/c1-6-4-9(13)16-11(15-6)17-10(18)8-3-2-7(12)5-14-8/h2-5H,1H3,(H,15,16,17,18). The Bertz CT molecular complexity index is 568. The first-order valence-electron chi connectivity index (χ1n) is 4.99. The molecule has 0 bridgehead atoms. The average molecular weight is 328 g/mol. The van der Waals surface area contributed by atoms with Crippen LogP contribution in [-0.2, 0) is 0 Å². The number of aryl methyl sites for hydroxylation is 1. The lowest BCUT2D eigenvalue weighted by molar-refractivity contribution is 0.102. The summed E-state index contributed by atoms with van der Waals surface area (Å²) in [6.07, 6.45) is 1.54. The molecule has 1 amide bonds. The van der Waals surface area contributed by atoms with Crippen molar-refractivity contribution in [2.24, 2.45) is 0 Å². The summed E-state index contributed by atoms with van der Waals surface area (Å²) in [7, 11) is 0. The van der Waals surface area contributed by atoms with Crippen LogP contribution in [0.4, 0.5) is 5.95 Å². The second kappa shape index (κ2) is 5.41. The Morgan fingerprint density at radius 2 is 2.17 bits per heavy atom. The molecule has 0 aliphatic rings. The highest BCUT2D eigenvalue weighted by Gasteiger charge is 2.09. The van der Waals surface area contributed by atoms with Gasteiger partial charge in [0.15, 0.2) is 0 Å². The monoisotopic (exact) mass is 326 g/mol. The van der Waals surface area contributed by atoms with Gasteiger partial charge >= 0.3 is 0 Å². The van der Waals surface area contributed by atoms with E-state index in [0.29, 0.717) is 5.69 Å². The Balaban J connectivity index is 2.18. The fourth-order valence-corrected chi connectivity index (χ4v) is 1.73. The lowest BCUT2D eigenvalue weighted by Gasteiger charge is -2.04. The van der Waals surface area contributed by atoms with Crippen LogP contribution >= 0.6 is 27.5 Å². The van der Waals surface area contributed by atoms with Gasteiger partial charge in [-0.3, -0.25) is 10.1 Å². The molecule has 0 aromatic carbocycles. The van der Waals surface area contributed by atoms with Crippen LogP contribution in [0.15, 0.2) is 28.9 Å². The molecule has 2 rings (SSSR count). The molecule has 92 valence electrons. The highest BCUT2D eigenvalue weighted by molar-refractivity contribution is 9.10. The summed E-state index contributed by atoms with van der Waals surface area (Å²) >= 11 is 9.02. The maximum absolute atomic E-state index is 11.8. The van der Waals surface area contributed by atoms with Gasteiger partial charge in [-0.1, -0.05) is 11.6 Å². The third-order valence-electron chi connectivity index (χ3n) is 2.01. The molecule has 2 heterocycles. The number of carbonyl (C=O) groups is 1. The minimum absolute atomic E-state index is 0.162. The zero-order valence-electron chi connectivity index (χ0n) is 9.32. The number of rotatable bonds is 2. The summed E-state index contributed by atoms with van der Waals surface area (Å²) in [4.78, 5) is 23.8. The molecule has 2 aromatic heterocycles. The van der Waals surface area contributed by atoms with Crippen molar-refractivity contribution in [3.05, 3.63) is 45.4 Å². The fourth-order valence-electron chi connectivity index (χ4n) is 1.26. The predicted octanol–water partition coefficient (Wildman–Crippen LogP) is 2.85. The van der Waals surface area contributed by atoms with E-state index in [1.165, 1.54) is 0 Å². The maximum Gasteiger partial charge on any atom is 0.276 e. The summed E-state index contributed by atoms with van der Waals surface area (Å²) in [6, 6.07) is 4.93. The van der Waals surface area contributed by atoms with Gasteiger partial charge in [0.05, 0.1) is 0 Å². The van der Waals surface area contributed by atoms with Crippen LogP contribution in [-0.4, -0.2) is 20.9 Å². The van der Waals surface area contributed by atoms with E-state index in [2.05, 4.69) is 36.2 Å². The van der Waals surface area contributed by atoms with Gasteiger partial charge in [-0.15, -0.1) is 0 Å². The third kappa shape index (κ3) is 3.24. The number of amides is 1. The number of nitrogens with one attached hydrogen (secondary N) is 1. The van der Waals surface area contributed by atoms with Gasteiger partial charge in [-0.05, 0) is 41.1 Å². The van der Waals surface area contributed by atoms with Crippen molar-refractivity contribution in [2.75, 3.05) is 5.32 Å². The van der Waals surface area contributed by atoms with Crippen LogP contribution in [0, 0.1) is 6.92 Å². The predicted molar refractivity (Wildman–Crippen MR) is 71.7 cm³/mol. The van der Waals surface area contributed by atoms with Crippen LogP contribution in [0.2, 0.25) is 5.15 Å². The Hall–Kier alpha value is -1.53. The van der Waals surface area contributed by atoms with Gasteiger partial charge < -0.3 is 0 Å². The molecule has 0 saturated carbocycles. The Morgan fingerprint density at radius 1 is 1.39 bits per heavy atom. The summed E-state index contributed by atoms with van der Waals surface area (Å²) < 4.78 is 0.800. The van der Waals surface area contributed by atoms with Gasteiger partial charge in [0, 0.05) is 16.4 Å². The second-order valence-corrected chi connectivity index (χ2v) is 4.77. The molecular formula is C11H8BrClN4O. The fraction of sp³-hybridized carbons (Fsp3) is 0.0909. The zero-order valence-corrected chi connectivity index (χ0v) is 11.7. The van der Waals surface area contributed by atoms with Crippen LogP contribution < -0.4 is 5.32 Å². The molecule has 0 spiro atoms. The number of carbonyl (C=O) groups excluding carboxylic acids is 1. The number of hydrogen-bond donors (Lipinski definition) is 1. The molecule has 18 heavy (non-hydrogen) atoms. The average Bonchev–Trinajstić information content (AvgIpc) is 2.28. The number of pyridine rings is 1. The smallest absolute Gasteiger partial charge is 0.276 e. The largest absolute Gasteiger partial charge is 0.289 e. The number of halogens is 2. The lowest BCUT2D eigenvalue weighted by Crippen LogP contribution is -2.15. The first-order valence-corrected chi connectivity index (χ1v) is 6.16. The zero-order chi connectivity index (χ0) is 13.1. The molecule has 0 aliphatic heterocycles. The number of nitrogens with zero attached hydrogens (tertiary/aromatic N) is 3. The highest BCUT2D eigenvalue weighted by Crippen LogP contribution is 2.11. The van der Waals surface area contributed by atoms with E-state index in [-0.39, 0.29) is 22.7 Å². The molecule has 2 aromatic rings. The summed E-state index contributed by atoms with van der Waals surface area (Å²) in [5.74, 6) is -0.223. The van der Waals surface area contributed by atoms with Gasteiger partial charge in [-0.2, -0.15) is 0 Å². The van der Waals surface area contributed by atoms with E-state index in [1.54, 1.807) is 31.3 Å². The first-order chi connectivity index (χ1) is 8.54. The van der Waals surface area contributed by atoms with Crippen molar-refractivity contribution in [2.45, 2.75) is 6.92 Å². The molecule has 0 radical (unpaired) electrons. The van der Waals surface area contributed by atoms with Crippen LogP contribution in [0.25, 0.3) is 0 Å². The highest BCUT2D eigenvalue weighted by atomic mass is 79.9. The van der Waals surface area contributed by atoms with Crippen molar-refractivity contribution in [3.8, 4) is 0 Å². The van der Waals surface area contributed by atoms with E-state index in [1.807, 2.05) is 0 Å². The normalized spacial score (nSPS) is 10.2. The number of hydrogen-bond acceptors (Lipinski definition) is 4. The lowest BCUT2D eigenvalue weighted by atomic mass is 10.3. The molecule has 1 N–H and O–H groups in total. The summed E-state index contributed by atoms with van der Waals surface area (Å²) in [6.45, 7) is 1.76. The molecular weight excluding hydrogens is 320 g/mol. The molecule has 0 atom stereocenters. The van der Waals surface area contributed by atoms with Gasteiger partial charge in [0.1, 0.15) is 10.8 Å². The van der Waals surface area contributed by atoms with Crippen molar-refractivity contribution in [1.29, 1.82) is 0 Å². The van der Waals surface area contributed by atoms with Crippen molar-refractivity contribution in [1.82, 2.24) is 15.0 Å². The van der Waals surface area contributed by atoms with Gasteiger partial charge in [0.2, 0.25) is 5.95 Å². The summed E-state index contributed by atoms with van der Waals surface area (Å²) in [5.41, 5.74) is 0.952. The molecule has 0 unspecified atom stereocenters. The Morgan fingerprint density at radius 3 is 2.78 bits per heavy atom. The van der Waals surface area contributed by atoms with E-state index in [0.717, 1.165) is 4.47 Å². The SMILES string of the molecule is Cc1cc(Cl)nc(NC(=O)c2ccc(Br)cn2)n1. The maximum atomic E-state index is 11.8. The van der Waals surface area contributed by atoms with E-state index < -0.39 is 0 Å². The summed E-state index contributed by atoms with van der Waals surface area (Å²) in [5, 5.41) is 2.82. The van der Waals surface area contributed by atoms with E-state index in [4.69, 9.17) is 11.6 Å². The molecule has 7 heteroatoms. The van der Waals surface area contributed by atoms with Crippen molar-refractivity contribution >= 4 is 39.4 Å². The van der Waals surface area contributed by atoms with Crippen molar-refractivity contribution < 1.29 is 4.79 Å². The topological polar surface area (TPSA) is 67.8 Å². The van der Waals surface area contributed by atoms with Crippen LogP contribution in [0.5, 0.6) is 0 Å². The van der Waals surface area contributed by atoms with Gasteiger partial charge in [-0.25, -0.2) is 15.0 Å². The third-order valence-corrected chi connectivity index (χ3v) is 2.67. The first kappa shape index (κ1) is 12.9. The van der Waals surface area contributed by atoms with E-state index in [9.17, 15) is 4.79 Å².